The summed E-state index contributed by atoms with van der Waals surface area (Å²) in [5, 5.41) is 9.33. The molecule has 1 aromatic rings. The van der Waals surface area contributed by atoms with E-state index in [2.05, 4.69) is 0 Å². The molecule has 114 valence electrons. The molecule has 1 fully saturated rings. The number of ether oxygens (including phenoxy) is 1. The topological polar surface area (TPSA) is 66.8 Å². The largest absolute Gasteiger partial charge is 0.497 e. The van der Waals surface area contributed by atoms with Crippen molar-refractivity contribution in [1.29, 1.82) is 0 Å². The van der Waals surface area contributed by atoms with Crippen molar-refractivity contribution in [3.63, 3.8) is 0 Å². The molecule has 1 unspecified atom stereocenters. The van der Waals surface area contributed by atoms with Gasteiger partial charge in [-0.05, 0) is 25.0 Å². The minimum Gasteiger partial charge on any atom is -0.497 e. The van der Waals surface area contributed by atoms with E-state index in [0.29, 0.717) is 25.1 Å². The molecule has 1 atom stereocenters. The Morgan fingerprint density at radius 1 is 1.48 bits per heavy atom. The lowest BCUT2D eigenvalue weighted by molar-refractivity contribution is -0.148. The number of likely N-dealkylation sites (tertiary alicyclic amines) is 1. The number of carbonyl (C=O) groups is 2. The molecule has 1 aliphatic rings. The van der Waals surface area contributed by atoms with E-state index in [0.717, 1.165) is 6.07 Å². The Hall–Kier alpha value is -2.11. The highest BCUT2D eigenvalue weighted by Crippen LogP contribution is 2.35. The number of nitrogens with zero attached hydrogens (tertiary/aromatic N) is 1. The van der Waals surface area contributed by atoms with Crippen molar-refractivity contribution in [2.75, 3.05) is 20.2 Å². The van der Waals surface area contributed by atoms with Crippen LogP contribution >= 0.6 is 0 Å². The van der Waals surface area contributed by atoms with Gasteiger partial charge in [0.1, 0.15) is 11.6 Å². The summed E-state index contributed by atoms with van der Waals surface area (Å²) in [5.41, 5.74) is -0.980. The predicted octanol–water partition coefficient (Wildman–Crippen LogP) is 2.16. The van der Waals surface area contributed by atoms with Crippen LogP contribution in [-0.2, 0) is 4.79 Å². The van der Waals surface area contributed by atoms with Crippen LogP contribution in [-0.4, -0.2) is 42.1 Å². The third kappa shape index (κ3) is 2.70. The summed E-state index contributed by atoms with van der Waals surface area (Å²) in [6.45, 7) is 2.23. The molecule has 1 aliphatic heterocycles. The molecule has 1 N–H and O–H groups in total. The molecule has 0 radical (unpaired) electrons. The van der Waals surface area contributed by atoms with E-state index in [4.69, 9.17) is 4.74 Å². The van der Waals surface area contributed by atoms with Crippen LogP contribution in [0.25, 0.3) is 0 Å². The maximum atomic E-state index is 13.9. The van der Waals surface area contributed by atoms with Gasteiger partial charge in [0.25, 0.3) is 5.91 Å². The maximum Gasteiger partial charge on any atom is 0.311 e. The average Bonchev–Trinajstić information content (AvgIpc) is 2.92. The molecular formula is C15H18FNO4. The minimum absolute atomic E-state index is 0.0620. The van der Waals surface area contributed by atoms with Gasteiger partial charge in [0.05, 0.1) is 18.1 Å². The third-order valence-electron chi connectivity index (χ3n) is 4.18. The van der Waals surface area contributed by atoms with Crippen molar-refractivity contribution >= 4 is 11.9 Å². The second kappa shape index (κ2) is 5.71. The van der Waals surface area contributed by atoms with Crippen LogP contribution in [0.4, 0.5) is 4.39 Å². The standard InChI is InChI=1S/C15H18FNO4/c1-3-15(14(19)20)6-7-17(9-15)13(18)11-5-4-10(21-2)8-12(11)16/h4-5,8H,3,6-7,9H2,1-2H3,(H,19,20). The summed E-state index contributed by atoms with van der Waals surface area (Å²) in [7, 11) is 1.42. The summed E-state index contributed by atoms with van der Waals surface area (Å²) >= 11 is 0. The molecule has 21 heavy (non-hydrogen) atoms. The van der Waals surface area contributed by atoms with Crippen LogP contribution < -0.4 is 4.74 Å². The van der Waals surface area contributed by atoms with Crippen molar-refractivity contribution in [3.05, 3.63) is 29.6 Å². The number of amides is 1. The Kier molecular flexibility index (Phi) is 4.16. The van der Waals surface area contributed by atoms with Crippen LogP contribution in [0.15, 0.2) is 18.2 Å². The van der Waals surface area contributed by atoms with Gasteiger partial charge in [0.15, 0.2) is 0 Å². The van der Waals surface area contributed by atoms with Gasteiger partial charge >= 0.3 is 5.97 Å². The fourth-order valence-electron chi connectivity index (χ4n) is 2.63. The number of hydrogen-bond donors (Lipinski definition) is 1. The molecule has 0 saturated carbocycles. The zero-order valence-corrected chi connectivity index (χ0v) is 12.1. The average molecular weight is 295 g/mol. The molecule has 2 rings (SSSR count). The van der Waals surface area contributed by atoms with E-state index in [9.17, 15) is 19.1 Å². The van der Waals surface area contributed by atoms with E-state index in [1.54, 1.807) is 6.92 Å². The van der Waals surface area contributed by atoms with Gasteiger partial charge in [0, 0.05) is 19.2 Å². The summed E-state index contributed by atoms with van der Waals surface area (Å²) in [6.07, 6.45) is 0.833. The number of halogens is 1. The van der Waals surface area contributed by atoms with Crippen LogP contribution in [0.2, 0.25) is 0 Å². The first kappa shape index (κ1) is 15.3. The first-order valence-corrected chi connectivity index (χ1v) is 6.80. The van der Waals surface area contributed by atoms with Gasteiger partial charge < -0.3 is 14.7 Å². The lowest BCUT2D eigenvalue weighted by atomic mass is 9.84. The molecular weight excluding hydrogens is 277 g/mol. The fourth-order valence-corrected chi connectivity index (χ4v) is 2.63. The number of carbonyl (C=O) groups excluding carboxylic acids is 1. The number of rotatable bonds is 4. The van der Waals surface area contributed by atoms with Crippen molar-refractivity contribution in [1.82, 2.24) is 4.90 Å². The van der Waals surface area contributed by atoms with Crippen molar-refractivity contribution in [3.8, 4) is 5.75 Å². The maximum absolute atomic E-state index is 13.9. The quantitative estimate of drug-likeness (QED) is 0.924. The number of carboxylic acids is 1. The van der Waals surface area contributed by atoms with Gasteiger partial charge in [-0.15, -0.1) is 0 Å². The Bertz CT molecular complexity index is 575. The zero-order valence-electron chi connectivity index (χ0n) is 12.1. The zero-order chi connectivity index (χ0) is 15.6. The van der Waals surface area contributed by atoms with E-state index in [1.807, 2.05) is 0 Å². The second-order valence-corrected chi connectivity index (χ2v) is 5.26. The van der Waals surface area contributed by atoms with Gasteiger partial charge in [-0.1, -0.05) is 6.92 Å². The second-order valence-electron chi connectivity index (χ2n) is 5.26. The number of benzene rings is 1. The molecule has 6 heteroatoms. The molecule has 1 heterocycles. The normalized spacial score (nSPS) is 21.4. The van der Waals surface area contributed by atoms with Crippen molar-refractivity contribution in [2.24, 2.45) is 5.41 Å². The van der Waals surface area contributed by atoms with Gasteiger partial charge in [0.2, 0.25) is 0 Å². The smallest absolute Gasteiger partial charge is 0.311 e. The SMILES string of the molecule is CCC1(C(=O)O)CCN(C(=O)c2ccc(OC)cc2F)C1. The molecule has 1 aromatic carbocycles. The first-order valence-electron chi connectivity index (χ1n) is 6.80. The third-order valence-corrected chi connectivity index (χ3v) is 4.18. The van der Waals surface area contributed by atoms with E-state index < -0.39 is 23.1 Å². The lowest BCUT2D eigenvalue weighted by Gasteiger charge is -2.23. The van der Waals surface area contributed by atoms with Crippen molar-refractivity contribution in [2.45, 2.75) is 19.8 Å². The highest BCUT2D eigenvalue weighted by molar-refractivity contribution is 5.95. The summed E-state index contributed by atoms with van der Waals surface area (Å²) in [6, 6.07) is 4.02. The summed E-state index contributed by atoms with van der Waals surface area (Å²) in [5.74, 6) is -1.72. The fraction of sp³-hybridized carbons (Fsp3) is 0.467. The van der Waals surface area contributed by atoms with Gasteiger partial charge in [-0.25, -0.2) is 4.39 Å². The Balaban J connectivity index is 2.21. The van der Waals surface area contributed by atoms with Crippen LogP contribution in [0, 0.1) is 11.2 Å². The van der Waals surface area contributed by atoms with Gasteiger partial charge in [-0.3, -0.25) is 9.59 Å². The Morgan fingerprint density at radius 2 is 2.19 bits per heavy atom. The summed E-state index contributed by atoms with van der Waals surface area (Å²) in [4.78, 5) is 25.1. The lowest BCUT2D eigenvalue weighted by Crippen LogP contribution is -2.36. The highest BCUT2D eigenvalue weighted by Gasteiger charge is 2.45. The molecule has 0 spiro atoms. The molecule has 1 saturated heterocycles. The minimum atomic E-state index is -0.918. The molecule has 1 amide bonds. The number of carboxylic acid groups (broad SMARTS) is 1. The molecule has 5 nitrogen and oxygen atoms in total. The van der Waals surface area contributed by atoms with Crippen molar-refractivity contribution < 1.29 is 23.8 Å². The molecule has 0 aromatic heterocycles. The Labute approximate surface area is 122 Å². The predicted molar refractivity (Wildman–Crippen MR) is 73.8 cm³/mol. The van der Waals surface area contributed by atoms with Gasteiger partial charge in [-0.2, -0.15) is 0 Å². The highest BCUT2D eigenvalue weighted by atomic mass is 19.1. The van der Waals surface area contributed by atoms with Crippen LogP contribution in [0.5, 0.6) is 5.75 Å². The monoisotopic (exact) mass is 295 g/mol. The van der Waals surface area contributed by atoms with E-state index >= 15 is 0 Å². The Morgan fingerprint density at radius 3 is 2.67 bits per heavy atom. The number of aliphatic carboxylic acids is 1. The number of hydrogen-bond acceptors (Lipinski definition) is 3. The van der Waals surface area contributed by atoms with Crippen LogP contribution in [0.3, 0.4) is 0 Å². The van der Waals surface area contributed by atoms with E-state index in [1.165, 1.54) is 24.1 Å². The molecule has 0 aliphatic carbocycles. The summed E-state index contributed by atoms with van der Waals surface area (Å²) < 4.78 is 18.8. The van der Waals surface area contributed by atoms with Crippen LogP contribution in [0.1, 0.15) is 30.1 Å². The molecule has 0 bridgehead atoms. The van der Waals surface area contributed by atoms with E-state index in [-0.39, 0.29) is 12.1 Å². The number of methoxy groups -OCH3 is 1. The first-order chi connectivity index (χ1) is 9.93.